The van der Waals surface area contributed by atoms with Crippen LogP contribution in [0.1, 0.15) is 21.7 Å². The molecule has 0 saturated carbocycles. The van der Waals surface area contributed by atoms with Crippen molar-refractivity contribution >= 4 is 5.91 Å². The van der Waals surface area contributed by atoms with E-state index in [1.165, 1.54) is 6.20 Å². The quantitative estimate of drug-likeness (QED) is 0.843. The topological polar surface area (TPSA) is 75.4 Å². The van der Waals surface area contributed by atoms with Crippen LogP contribution in [0.4, 0.5) is 0 Å². The van der Waals surface area contributed by atoms with E-state index in [2.05, 4.69) is 10.5 Å². The van der Waals surface area contributed by atoms with Crippen LogP contribution in [-0.2, 0) is 6.54 Å². The first-order valence-corrected chi connectivity index (χ1v) is 5.14. The predicted octanol–water partition coefficient (Wildman–Crippen LogP) is 1.62. The van der Waals surface area contributed by atoms with Gasteiger partial charge in [0.2, 0.25) is 5.76 Å². The van der Waals surface area contributed by atoms with Crippen LogP contribution in [0.2, 0.25) is 0 Å². The van der Waals surface area contributed by atoms with Crippen LogP contribution >= 0.6 is 0 Å². The first-order valence-electron chi connectivity index (χ1n) is 5.14. The van der Waals surface area contributed by atoms with E-state index >= 15 is 0 Å². The van der Waals surface area contributed by atoms with Gasteiger partial charge >= 0.3 is 0 Å². The van der Waals surface area contributed by atoms with Crippen molar-refractivity contribution in [1.82, 2.24) is 10.5 Å². The molecule has 0 bridgehead atoms. The molecule has 0 unspecified atom stereocenters. The van der Waals surface area contributed by atoms with Gasteiger partial charge in [-0.2, -0.15) is 0 Å². The molecule has 5 heteroatoms. The molecule has 2 rings (SSSR count). The average molecular weight is 232 g/mol. The van der Waals surface area contributed by atoms with E-state index in [1.54, 1.807) is 31.2 Å². The molecule has 17 heavy (non-hydrogen) atoms. The van der Waals surface area contributed by atoms with Crippen molar-refractivity contribution in [3.63, 3.8) is 0 Å². The van der Waals surface area contributed by atoms with Gasteiger partial charge < -0.3 is 14.9 Å². The molecule has 1 aromatic carbocycles. The minimum atomic E-state index is -0.298. The summed E-state index contributed by atoms with van der Waals surface area (Å²) in [5.41, 5.74) is 1.60. The predicted molar refractivity (Wildman–Crippen MR) is 60.5 cm³/mol. The van der Waals surface area contributed by atoms with Gasteiger partial charge in [-0.25, -0.2) is 0 Å². The second kappa shape index (κ2) is 4.69. The van der Waals surface area contributed by atoms with Crippen LogP contribution < -0.4 is 5.32 Å². The van der Waals surface area contributed by atoms with E-state index in [1.807, 2.05) is 0 Å². The number of aryl methyl sites for hydroxylation is 1. The van der Waals surface area contributed by atoms with Crippen LogP contribution in [0.25, 0.3) is 0 Å². The third kappa shape index (κ3) is 2.63. The van der Waals surface area contributed by atoms with Crippen molar-refractivity contribution in [3.8, 4) is 5.75 Å². The monoisotopic (exact) mass is 232 g/mol. The summed E-state index contributed by atoms with van der Waals surface area (Å²) in [5, 5.41) is 15.4. The van der Waals surface area contributed by atoms with Crippen LogP contribution in [0, 0.1) is 6.92 Å². The SMILES string of the molecule is Cc1cnoc1C(=O)NCc1ccc(O)cc1. The summed E-state index contributed by atoms with van der Waals surface area (Å²) in [7, 11) is 0. The van der Waals surface area contributed by atoms with E-state index in [-0.39, 0.29) is 17.4 Å². The number of benzene rings is 1. The van der Waals surface area contributed by atoms with Gasteiger partial charge in [-0.15, -0.1) is 0 Å². The normalized spacial score (nSPS) is 10.2. The molecule has 0 spiro atoms. The third-order valence-electron chi connectivity index (χ3n) is 2.34. The van der Waals surface area contributed by atoms with Gasteiger partial charge in [-0.3, -0.25) is 4.79 Å². The second-order valence-corrected chi connectivity index (χ2v) is 3.69. The Hall–Kier alpha value is -2.30. The highest BCUT2D eigenvalue weighted by Gasteiger charge is 2.13. The van der Waals surface area contributed by atoms with Crippen LogP contribution in [-0.4, -0.2) is 16.2 Å². The summed E-state index contributed by atoms with van der Waals surface area (Å²) in [4.78, 5) is 11.7. The maximum absolute atomic E-state index is 11.7. The lowest BCUT2D eigenvalue weighted by molar-refractivity contribution is 0.0913. The summed E-state index contributed by atoms with van der Waals surface area (Å²) >= 11 is 0. The van der Waals surface area contributed by atoms with Crippen LogP contribution in [0.15, 0.2) is 35.0 Å². The Balaban J connectivity index is 1.97. The first-order chi connectivity index (χ1) is 8.16. The lowest BCUT2D eigenvalue weighted by atomic mass is 10.2. The highest BCUT2D eigenvalue weighted by atomic mass is 16.5. The van der Waals surface area contributed by atoms with E-state index in [0.717, 1.165) is 5.56 Å². The molecule has 0 aliphatic rings. The molecule has 0 fully saturated rings. The van der Waals surface area contributed by atoms with E-state index in [9.17, 15) is 4.79 Å². The number of aromatic nitrogens is 1. The van der Waals surface area contributed by atoms with Gasteiger partial charge in [0, 0.05) is 12.1 Å². The maximum atomic E-state index is 11.7. The van der Waals surface area contributed by atoms with E-state index < -0.39 is 0 Å². The molecule has 2 N–H and O–H groups in total. The smallest absolute Gasteiger partial charge is 0.290 e. The minimum absolute atomic E-state index is 0.200. The highest BCUT2D eigenvalue weighted by molar-refractivity contribution is 5.92. The number of aromatic hydroxyl groups is 1. The Kier molecular flexibility index (Phi) is 3.09. The molecular formula is C12H12N2O3. The zero-order chi connectivity index (χ0) is 12.3. The number of carbonyl (C=O) groups excluding carboxylic acids is 1. The number of hydrogen-bond acceptors (Lipinski definition) is 4. The molecule has 0 atom stereocenters. The molecule has 2 aromatic rings. The minimum Gasteiger partial charge on any atom is -0.508 e. The number of hydrogen-bond donors (Lipinski definition) is 2. The van der Waals surface area contributed by atoms with E-state index in [4.69, 9.17) is 9.63 Å². The summed E-state index contributed by atoms with van der Waals surface area (Å²) < 4.78 is 4.83. The highest BCUT2D eigenvalue weighted by Crippen LogP contribution is 2.10. The van der Waals surface area contributed by atoms with E-state index in [0.29, 0.717) is 12.1 Å². The Bertz CT molecular complexity index is 517. The standard InChI is InChI=1S/C12H12N2O3/c1-8-6-14-17-11(8)12(16)13-7-9-2-4-10(15)5-3-9/h2-6,15H,7H2,1H3,(H,13,16). The number of carbonyl (C=O) groups is 1. The molecular weight excluding hydrogens is 220 g/mol. The summed E-state index contributed by atoms with van der Waals surface area (Å²) in [5.74, 6) is 0.128. The summed E-state index contributed by atoms with van der Waals surface area (Å²) in [6.07, 6.45) is 1.50. The van der Waals surface area contributed by atoms with Gasteiger partial charge in [0.1, 0.15) is 5.75 Å². The van der Waals surface area contributed by atoms with Crippen molar-refractivity contribution < 1.29 is 14.4 Å². The molecule has 1 aromatic heterocycles. The summed E-state index contributed by atoms with van der Waals surface area (Å²) in [6.45, 7) is 2.13. The Labute approximate surface area is 98.1 Å². The summed E-state index contributed by atoms with van der Waals surface area (Å²) in [6, 6.07) is 6.62. The lowest BCUT2D eigenvalue weighted by Crippen LogP contribution is -2.22. The van der Waals surface area contributed by atoms with Crippen molar-refractivity contribution in [2.24, 2.45) is 0 Å². The largest absolute Gasteiger partial charge is 0.508 e. The number of rotatable bonds is 3. The van der Waals surface area contributed by atoms with Crippen LogP contribution in [0.3, 0.4) is 0 Å². The molecule has 0 saturated heterocycles. The number of phenols is 1. The fraction of sp³-hybridized carbons (Fsp3) is 0.167. The molecule has 0 aliphatic carbocycles. The molecule has 1 heterocycles. The number of phenolic OH excluding ortho intramolecular Hbond substituents is 1. The van der Waals surface area contributed by atoms with Crippen molar-refractivity contribution in [3.05, 3.63) is 47.3 Å². The van der Waals surface area contributed by atoms with Crippen molar-refractivity contribution in [2.75, 3.05) is 0 Å². The fourth-order valence-corrected chi connectivity index (χ4v) is 1.39. The Morgan fingerprint density at radius 1 is 1.41 bits per heavy atom. The number of nitrogens with zero attached hydrogens (tertiary/aromatic N) is 1. The van der Waals surface area contributed by atoms with Gasteiger partial charge in [0.05, 0.1) is 6.20 Å². The van der Waals surface area contributed by atoms with Gasteiger partial charge in [0.25, 0.3) is 5.91 Å². The molecule has 0 aliphatic heterocycles. The fourth-order valence-electron chi connectivity index (χ4n) is 1.39. The first kappa shape index (κ1) is 11.2. The van der Waals surface area contributed by atoms with Gasteiger partial charge in [-0.1, -0.05) is 17.3 Å². The number of nitrogens with one attached hydrogen (secondary N) is 1. The molecule has 0 radical (unpaired) electrons. The Morgan fingerprint density at radius 2 is 2.12 bits per heavy atom. The zero-order valence-electron chi connectivity index (χ0n) is 9.30. The molecule has 88 valence electrons. The average Bonchev–Trinajstić information content (AvgIpc) is 2.74. The zero-order valence-corrected chi connectivity index (χ0v) is 9.30. The molecule has 1 amide bonds. The van der Waals surface area contributed by atoms with Crippen molar-refractivity contribution in [2.45, 2.75) is 13.5 Å². The molecule has 5 nitrogen and oxygen atoms in total. The van der Waals surface area contributed by atoms with Crippen LogP contribution in [0.5, 0.6) is 5.75 Å². The maximum Gasteiger partial charge on any atom is 0.290 e. The Morgan fingerprint density at radius 3 is 2.71 bits per heavy atom. The van der Waals surface area contributed by atoms with Crippen molar-refractivity contribution in [1.29, 1.82) is 0 Å². The van der Waals surface area contributed by atoms with Gasteiger partial charge in [-0.05, 0) is 24.6 Å². The lowest BCUT2D eigenvalue weighted by Gasteiger charge is -2.03. The second-order valence-electron chi connectivity index (χ2n) is 3.69. The number of amides is 1. The van der Waals surface area contributed by atoms with Gasteiger partial charge in [0.15, 0.2) is 0 Å². The third-order valence-corrected chi connectivity index (χ3v) is 2.34.